The second-order valence-corrected chi connectivity index (χ2v) is 11.2. The molecule has 152 valence electrons. The Morgan fingerprint density at radius 2 is 1.00 bits per heavy atom. The third kappa shape index (κ3) is 14.9. The van der Waals surface area contributed by atoms with Crippen LogP contribution in [0.3, 0.4) is 0 Å². The fourth-order valence-corrected chi connectivity index (χ4v) is 4.57. The first-order valence-corrected chi connectivity index (χ1v) is 12.8. The molecule has 2 nitrogen and oxygen atoms in total. The minimum atomic E-state index is -1.29. The second kappa shape index (κ2) is 16.3. The summed E-state index contributed by atoms with van der Waals surface area (Å²) in [6.45, 7) is 9.57. The molecule has 25 heavy (non-hydrogen) atoms. The molecule has 0 fully saturated rings. The van der Waals surface area contributed by atoms with Gasteiger partial charge in [0.25, 0.3) is 0 Å². The van der Waals surface area contributed by atoms with Gasteiger partial charge in [-0.25, -0.2) is 0 Å². The van der Waals surface area contributed by atoms with Crippen LogP contribution in [0, 0.1) is 11.3 Å². The first kappa shape index (κ1) is 25.1. The number of hydrogen-bond donors (Lipinski definition) is 0. The van der Waals surface area contributed by atoms with Crippen molar-refractivity contribution in [3.63, 3.8) is 0 Å². The summed E-state index contributed by atoms with van der Waals surface area (Å²) < 4.78 is 10.7. The highest BCUT2D eigenvalue weighted by molar-refractivity contribution is 6.44. The van der Waals surface area contributed by atoms with Crippen LogP contribution < -0.4 is 0 Å². The summed E-state index contributed by atoms with van der Waals surface area (Å²) >= 11 is 0. The van der Waals surface area contributed by atoms with Crippen LogP contribution in [0.1, 0.15) is 111 Å². The first-order valence-electron chi connectivity index (χ1n) is 11.0. The average molecular weight is 373 g/mol. The van der Waals surface area contributed by atoms with Gasteiger partial charge in [0.2, 0.25) is 0 Å². The molecule has 0 aliphatic heterocycles. The van der Waals surface area contributed by atoms with Crippen LogP contribution in [-0.2, 0) is 8.85 Å². The molecule has 0 unspecified atom stereocenters. The lowest BCUT2D eigenvalue weighted by molar-refractivity contribution is 0.221. The highest BCUT2D eigenvalue weighted by atomic mass is 28.3. The molecule has 0 saturated heterocycles. The zero-order valence-electron chi connectivity index (χ0n) is 18.4. The van der Waals surface area contributed by atoms with Gasteiger partial charge in [-0.05, 0) is 23.8 Å². The molecule has 0 atom stereocenters. The minimum Gasteiger partial charge on any atom is -0.400 e. The van der Waals surface area contributed by atoms with Gasteiger partial charge in [-0.3, -0.25) is 0 Å². The van der Waals surface area contributed by atoms with Crippen molar-refractivity contribution in [2.24, 2.45) is 11.3 Å². The molecule has 0 aliphatic rings. The maximum Gasteiger partial charge on any atom is 0.320 e. The zero-order valence-corrected chi connectivity index (χ0v) is 19.5. The summed E-state index contributed by atoms with van der Waals surface area (Å²) in [6, 6.07) is 1.17. The summed E-state index contributed by atoms with van der Waals surface area (Å²) in [7, 11) is 2.28. The van der Waals surface area contributed by atoms with Crippen molar-refractivity contribution in [3.8, 4) is 0 Å². The Labute approximate surface area is 161 Å². The third-order valence-corrected chi connectivity index (χ3v) is 8.03. The summed E-state index contributed by atoms with van der Waals surface area (Å²) in [5, 5.41) is 0. The van der Waals surface area contributed by atoms with Crippen LogP contribution in [-0.4, -0.2) is 23.5 Å². The van der Waals surface area contributed by atoms with E-state index in [1.54, 1.807) is 14.2 Å². The first-order chi connectivity index (χ1) is 11.9. The lowest BCUT2D eigenvalue weighted by Crippen LogP contribution is -2.18. The molecule has 0 heterocycles. The number of hydrogen-bond acceptors (Lipinski definition) is 2. The van der Waals surface area contributed by atoms with E-state index in [9.17, 15) is 0 Å². The van der Waals surface area contributed by atoms with Crippen LogP contribution in [0.2, 0.25) is 6.04 Å². The van der Waals surface area contributed by atoms with Gasteiger partial charge >= 0.3 is 9.28 Å². The molecule has 0 N–H and O–H groups in total. The van der Waals surface area contributed by atoms with Crippen molar-refractivity contribution in [3.05, 3.63) is 0 Å². The van der Waals surface area contributed by atoms with E-state index in [-0.39, 0.29) is 0 Å². The highest BCUT2D eigenvalue weighted by Gasteiger charge is 2.21. The summed E-state index contributed by atoms with van der Waals surface area (Å²) in [4.78, 5) is 0. The Balaban J connectivity index is 3.22. The van der Waals surface area contributed by atoms with E-state index < -0.39 is 9.28 Å². The van der Waals surface area contributed by atoms with E-state index in [0.717, 1.165) is 5.92 Å². The average Bonchev–Trinajstić information content (AvgIpc) is 2.58. The molecule has 0 aromatic rings. The summed E-state index contributed by atoms with van der Waals surface area (Å²) in [6.07, 6.45) is 18.3. The SMILES string of the molecule is CO[SiH](CCCCCCCCCCCCCCC(C)(C)C(C)C)OC. The molecule has 3 heteroatoms. The third-order valence-electron chi connectivity index (χ3n) is 6.10. The van der Waals surface area contributed by atoms with Crippen LogP contribution in [0.4, 0.5) is 0 Å². The van der Waals surface area contributed by atoms with Crippen molar-refractivity contribution >= 4 is 9.28 Å². The Hall–Kier alpha value is 0.137. The molecule has 0 aromatic heterocycles. The molecule has 0 aliphatic carbocycles. The fraction of sp³-hybridized carbons (Fsp3) is 1.00. The molecule has 0 radical (unpaired) electrons. The highest BCUT2D eigenvalue weighted by Crippen LogP contribution is 2.32. The molecule has 0 bridgehead atoms. The lowest BCUT2D eigenvalue weighted by atomic mass is 9.77. The smallest absolute Gasteiger partial charge is 0.320 e. The Bertz CT molecular complexity index is 275. The van der Waals surface area contributed by atoms with Gasteiger partial charge in [0.1, 0.15) is 0 Å². The minimum absolute atomic E-state index is 0.524. The quantitative estimate of drug-likeness (QED) is 0.186. The lowest BCUT2D eigenvalue weighted by Gasteiger charge is -2.29. The largest absolute Gasteiger partial charge is 0.400 e. The molecule has 0 aromatic carbocycles. The van der Waals surface area contributed by atoms with Gasteiger partial charge in [0, 0.05) is 14.2 Å². The van der Waals surface area contributed by atoms with Crippen molar-refractivity contribution in [2.45, 2.75) is 117 Å². The molecular formula is C22H48O2Si. The zero-order chi connectivity index (χ0) is 19.0. The predicted octanol–water partition coefficient (Wildman–Crippen LogP) is 7.25. The Kier molecular flexibility index (Phi) is 16.4. The van der Waals surface area contributed by atoms with Crippen LogP contribution >= 0.6 is 0 Å². The topological polar surface area (TPSA) is 18.5 Å². The second-order valence-electron chi connectivity index (χ2n) is 8.83. The number of unbranched alkanes of at least 4 members (excludes halogenated alkanes) is 11. The van der Waals surface area contributed by atoms with Crippen LogP contribution in [0.25, 0.3) is 0 Å². The van der Waals surface area contributed by atoms with Gasteiger partial charge in [-0.15, -0.1) is 0 Å². The Morgan fingerprint density at radius 1 is 0.640 bits per heavy atom. The standard InChI is InChI=1S/C22H48O2Si/c1-21(2)22(3,4)19-17-15-13-11-9-7-8-10-12-14-16-18-20-25(23-5)24-6/h21,25H,7-20H2,1-6H3. The fourth-order valence-electron chi connectivity index (χ4n) is 3.28. The van der Waals surface area contributed by atoms with Crippen molar-refractivity contribution in [1.29, 1.82) is 0 Å². The van der Waals surface area contributed by atoms with Crippen molar-refractivity contribution in [2.75, 3.05) is 14.2 Å². The van der Waals surface area contributed by atoms with Gasteiger partial charge in [-0.1, -0.05) is 105 Å². The molecule has 0 saturated carbocycles. The van der Waals surface area contributed by atoms with Crippen LogP contribution in [0.5, 0.6) is 0 Å². The van der Waals surface area contributed by atoms with Gasteiger partial charge in [0.05, 0.1) is 0 Å². The molecule has 0 spiro atoms. The van der Waals surface area contributed by atoms with E-state index >= 15 is 0 Å². The predicted molar refractivity (Wildman–Crippen MR) is 115 cm³/mol. The van der Waals surface area contributed by atoms with Crippen molar-refractivity contribution in [1.82, 2.24) is 0 Å². The van der Waals surface area contributed by atoms with Gasteiger partial charge in [0.15, 0.2) is 0 Å². The molecule has 0 rings (SSSR count). The molecular weight excluding hydrogens is 324 g/mol. The van der Waals surface area contributed by atoms with Gasteiger partial charge < -0.3 is 8.85 Å². The monoisotopic (exact) mass is 372 g/mol. The van der Waals surface area contributed by atoms with E-state index in [2.05, 4.69) is 27.7 Å². The van der Waals surface area contributed by atoms with E-state index in [1.165, 1.54) is 89.5 Å². The number of rotatable bonds is 18. The maximum absolute atomic E-state index is 5.35. The summed E-state index contributed by atoms with van der Waals surface area (Å²) in [5.41, 5.74) is 0.524. The Morgan fingerprint density at radius 3 is 1.36 bits per heavy atom. The maximum atomic E-state index is 5.35. The van der Waals surface area contributed by atoms with Crippen molar-refractivity contribution < 1.29 is 8.85 Å². The van der Waals surface area contributed by atoms with Crippen LogP contribution in [0.15, 0.2) is 0 Å². The van der Waals surface area contributed by atoms with Gasteiger partial charge in [-0.2, -0.15) is 0 Å². The van der Waals surface area contributed by atoms with E-state index in [1.807, 2.05) is 0 Å². The normalized spacial score (nSPS) is 12.5. The summed E-state index contributed by atoms with van der Waals surface area (Å²) in [5.74, 6) is 0.802. The molecule has 0 amide bonds. The van der Waals surface area contributed by atoms with E-state index in [4.69, 9.17) is 8.85 Å². The van der Waals surface area contributed by atoms with E-state index in [0.29, 0.717) is 5.41 Å².